The Bertz CT molecular complexity index is 731. The van der Waals surface area contributed by atoms with E-state index in [2.05, 4.69) is 26.5 Å². The zero-order valence-electron chi connectivity index (χ0n) is 13.0. The molecule has 1 heterocycles. The molecule has 1 amide bonds. The molecular weight excluding hydrogens is 384 g/mol. The first kappa shape index (κ1) is 17.9. The highest BCUT2D eigenvalue weighted by Gasteiger charge is 2.29. The monoisotopic (exact) mass is 402 g/mol. The van der Waals surface area contributed by atoms with Crippen molar-refractivity contribution >= 4 is 37.4 Å². The lowest BCUT2D eigenvalue weighted by molar-refractivity contribution is -0.121. The fraction of sp³-hybridized carbons (Fsp3) is 0.467. The quantitative estimate of drug-likeness (QED) is 0.603. The van der Waals surface area contributed by atoms with Gasteiger partial charge in [0.1, 0.15) is 5.75 Å². The summed E-state index contributed by atoms with van der Waals surface area (Å²) in [4.78, 5) is 11.9. The Balaban J connectivity index is 1.94. The van der Waals surface area contributed by atoms with Crippen molar-refractivity contribution in [1.82, 2.24) is 5.43 Å². The molecule has 1 aromatic rings. The Labute approximate surface area is 144 Å². The van der Waals surface area contributed by atoms with Gasteiger partial charge >= 0.3 is 0 Å². The molecule has 2 rings (SSSR count). The number of methoxy groups -OCH3 is 1. The molecule has 0 spiro atoms. The molecule has 1 N–H and O–H groups in total. The van der Waals surface area contributed by atoms with Crippen LogP contribution in [0.4, 0.5) is 0 Å². The maximum atomic E-state index is 11.9. The first-order valence-corrected chi connectivity index (χ1v) is 9.79. The highest BCUT2D eigenvalue weighted by molar-refractivity contribution is 9.10. The standard InChI is InChI=1S/C15H19BrN2O4S/c1-10(12-3-4-14(22-2)13(16)8-12)17-18-15(19)7-11-5-6-23(20,21)9-11/h3-4,8,11H,5-7,9H2,1-2H3,(H,18,19)/b17-10-/t11-/m1/s1. The molecule has 1 aliphatic heterocycles. The van der Waals surface area contributed by atoms with Crippen LogP contribution in [0, 0.1) is 5.92 Å². The maximum absolute atomic E-state index is 11.9. The van der Waals surface area contributed by atoms with Gasteiger partial charge in [-0.05, 0) is 59.0 Å². The lowest BCUT2D eigenvalue weighted by Gasteiger charge is -2.08. The predicted molar refractivity (Wildman–Crippen MR) is 92.4 cm³/mol. The number of amides is 1. The molecule has 6 nitrogen and oxygen atoms in total. The molecule has 0 aliphatic carbocycles. The minimum Gasteiger partial charge on any atom is -0.496 e. The van der Waals surface area contributed by atoms with E-state index in [1.54, 1.807) is 14.0 Å². The third kappa shape index (κ3) is 5.04. The molecule has 1 aromatic carbocycles. The van der Waals surface area contributed by atoms with Gasteiger partial charge in [-0.3, -0.25) is 4.79 Å². The highest BCUT2D eigenvalue weighted by Crippen LogP contribution is 2.25. The summed E-state index contributed by atoms with van der Waals surface area (Å²) in [7, 11) is -1.37. The van der Waals surface area contributed by atoms with Crippen LogP contribution >= 0.6 is 15.9 Å². The summed E-state index contributed by atoms with van der Waals surface area (Å²) >= 11 is 3.40. The molecule has 126 valence electrons. The number of hydrazone groups is 1. The van der Waals surface area contributed by atoms with E-state index in [0.717, 1.165) is 10.0 Å². The molecule has 1 atom stereocenters. The SMILES string of the molecule is COc1ccc(/C(C)=N\NC(=O)C[C@H]2CCS(=O)(=O)C2)cc1Br. The first-order chi connectivity index (χ1) is 10.8. The van der Waals surface area contributed by atoms with Crippen molar-refractivity contribution < 1.29 is 17.9 Å². The summed E-state index contributed by atoms with van der Waals surface area (Å²) < 4.78 is 28.7. The Kier molecular flexibility index (Phi) is 5.80. The van der Waals surface area contributed by atoms with Crippen molar-refractivity contribution in [3.05, 3.63) is 28.2 Å². The second kappa shape index (κ2) is 7.44. The molecule has 23 heavy (non-hydrogen) atoms. The second-order valence-corrected chi connectivity index (χ2v) is 8.64. The van der Waals surface area contributed by atoms with Gasteiger partial charge in [0.25, 0.3) is 0 Å². The van der Waals surface area contributed by atoms with Crippen molar-refractivity contribution in [2.45, 2.75) is 19.8 Å². The van der Waals surface area contributed by atoms with Crippen LogP contribution in [-0.2, 0) is 14.6 Å². The van der Waals surface area contributed by atoms with Crippen molar-refractivity contribution in [3.8, 4) is 5.75 Å². The Hall–Kier alpha value is -1.41. The molecule has 1 saturated heterocycles. The normalized spacial score (nSPS) is 20.3. The van der Waals surface area contributed by atoms with Gasteiger partial charge in [0.05, 0.1) is 28.8 Å². The van der Waals surface area contributed by atoms with Gasteiger partial charge in [-0.1, -0.05) is 0 Å². The number of benzene rings is 1. The van der Waals surface area contributed by atoms with Crippen LogP contribution in [0.25, 0.3) is 0 Å². The summed E-state index contributed by atoms with van der Waals surface area (Å²) in [6, 6.07) is 5.51. The van der Waals surface area contributed by atoms with E-state index in [9.17, 15) is 13.2 Å². The van der Waals surface area contributed by atoms with Gasteiger partial charge in [0.2, 0.25) is 5.91 Å². The fourth-order valence-corrected chi connectivity index (χ4v) is 4.85. The highest BCUT2D eigenvalue weighted by atomic mass is 79.9. The zero-order chi connectivity index (χ0) is 17.0. The zero-order valence-corrected chi connectivity index (χ0v) is 15.4. The molecule has 0 unspecified atom stereocenters. The molecule has 0 radical (unpaired) electrons. The van der Waals surface area contributed by atoms with Crippen molar-refractivity contribution in [2.75, 3.05) is 18.6 Å². The smallest absolute Gasteiger partial charge is 0.240 e. The first-order valence-electron chi connectivity index (χ1n) is 7.18. The topological polar surface area (TPSA) is 84.8 Å². The van der Waals surface area contributed by atoms with E-state index in [-0.39, 0.29) is 29.8 Å². The number of ether oxygens (including phenoxy) is 1. The Morgan fingerprint density at radius 2 is 2.22 bits per heavy atom. The van der Waals surface area contributed by atoms with Crippen LogP contribution in [0.15, 0.2) is 27.8 Å². The lowest BCUT2D eigenvalue weighted by Crippen LogP contribution is -2.22. The van der Waals surface area contributed by atoms with Crippen LogP contribution < -0.4 is 10.2 Å². The second-order valence-electron chi connectivity index (χ2n) is 5.55. The van der Waals surface area contributed by atoms with Crippen LogP contribution in [-0.4, -0.2) is 38.7 Å². The van der Waals surface area contributed by atoms with Crippen LogP contribution in [0.2, 0.25) is 0 Å². The third-order valence-electron chi connectivity index (χ3n) is 3.72. The van der Waals surface area contributed by atoms with Crippen molar-refractivity contribution in [3.63, 3.8) is 0 Å². The average Bonchev–Trinajstić information content (AvgIpc) is 2.83. The van der Waals surface area contributed by atoms with Crippen molar-refractivity contribution in [1.29, 1.82) is 0 Å². The number of hydrogen-bond acceptors (Lipinski definition) is 5. The number of halogens is 1. The van der Waals surface area contributed by atoms with Gasteiger partial charge in [-0.15, -0.1) is 0 Å². The van der Waals surface area contributed by atoms with E-state index in [1.165, 1.54) is 0 Å². The summed E-state index contributed by atoms with van der Waals surface area (Å²) in [5.74, 6) is 0.611. The van der Waals surface area contributed by atoms with Gasteiger partial charge < -0.3 is 4.74 Å². The fourth-order valence-electron chi connectivity index (χ4n) is 2.44. The van der Waals surface area contributed by atoms with Gasteiger partial charge in [0.15, 0.2) is 9.84 Å². The number of carbonyl (C=O) groups excluding carboxylic acids is 1. The molecule has 0 aromatic heterocycles. The average molecular weight is 403 g/mol. The summed E-state index contributed by atoms with van der Waals surface area (Å²) in [6.45, 7) is 1.79. The number of rotatable bonds is 5. The van der Waals surface area contributed by atoms with E-state index in [1.807, 2.05) is 18.2 Å². The largest absolute Gasteiger partial charge is 0.496 e. The Morgan fingerprint density at radius 1 is 1.48 bits per heavy atom. The number of nitrogens with one attached hydrogen (secondary N) is 1. The van der Waals surface area contributed by atoms with Crippen LogP contribution in [0.1, 0.15) is 25.3 Å². The summed E-state index contributed by atoms with van der Waals surface area (Å²) in [6.07, 6.45) is 0.728. The summed E-state index contributed by atoms with van der Waals surface area (Å²) in [5, 5.41) is 4.08. The summed E-state index contributed by atoms with van der Waals surface area (Å²) in [5.41, 5.74) is 3.99. The van der Waals surface area contributed by atoms with Crippen molar-refractivity contribution in [2.24, 2.45) is 11.0 Å². The molecule has 1 fully saturated rings. The van der Waals surface area contributed by atoms with E-state index < -0.39 is 9.84 Å². The van der Waals surface area contributed by atoms with E-state index in [4.69, 9.17) is 4.74 Å². The maximum Gasteiger partial charge on any atom is 0.240 e. The Morgan fingerprint density at radius 3 is 2.78 bits per heavy atom. The number of sulfone groups is 1. The number of hydrogen-bond donors (Lipinski definition) is 1. The number of nitrogens with zero attached hydrogens (tertiary/aromatic N) is 1. The van der Waals surface area contributed by atoms with Gasteiger partial charge in [0, 0.05) is 6.42 Å². The van der Waals surface area contributed by atoms with Gasteiger partial charge in [-0.25, -0.2) is 13.8 Å². The van der Waals surface area contributed by atoms with E-state index in [0.29, 0.717) is 17.9 Å². The number of carbonyl (C=O) groups is 1. The molecule has 8 heteroatoms. The molecule has 0 bridgehead atoms. The van der Waals surface area contributed by atoms with Crippen LogP contribution in [0.3, 0.4) is 0 Å². The van der Waals surface area contributed by atoms with Crippen LogP contribution in [0.5, 0.6) is 5.75 Å². The third-order valence-corrected chi connectivity index (χ3v) is 6.18. The lowest BCUT2D eigenvalue weighted by atomic mass is 10.1. The van der Waals surface area contributed by atoms with Gasteiger partial charge in [-0.2, -0.15) is 5.10 Å². The predicted octanol–water partition coefficient (Wildman–Crippen LogP) is 2.12. The minimum absolute atomic E-state index is 0.0918. The molecular formula is C15H19BrN2O4S. The minimum atomic E-state index is -2.96. The molecule has 1 aliphatic rings. The molecule has 0 saturated carbocycles. The van der Waals surface area contributed by atoms with E-state index >= 15 is 0 Å².